The third kappa shape index (κ3) is 2.83. The van der Waals surface area contributed by atoms with Crippen LogP contribution >= 0.6 is 35.0 Å². The van der Waals surface area contributed by atoms with Crippen LogP contribution in [0, 0.1) is 12.8 Å². The second-order valence-electron chi connectivity index (χ2n) is 4.10. The molecule has 82 valence electrons. The van der Waals surface area contributed by atoms with Crippen LogP contribution < -0.4 is 0 Å². The Hall–Kier alpha value is 0.150. The molecule has 1 aliphatic rings. The van der Waals surface area contributed by atoms with Crippen LogP contribution in [0.15, 0.2) is 18.2 Å². The number of benzene rings is 1. The molecule has 0 radical (unpaired) electrons. The molecule has 0 amide bonds. The van der Waals surface area contributed by atoms with Crippen LogP contribution in [0.5, 0.6) is 0 Å². The van der Waals surface area contributed by atoms with Crippen LogP contribution in [-0.2, 0) is 6.42 Å². The molecule has 1 aromatic rings. The van der Waals surface area contributed by atoms with Crippen LogP contribution in [0.4, 0.5) is 0 Å². The topological polar surface area (TPSA) is 0 Å². The van der Waals surface area contributed by atoms with Gasteiger partial charge in [-0.05, 0) is 42.2 Å². The van der Waals surface area contributed by atoms with Crippen molar-refractivity contribution in [3.05, 3.63) is 34.3 Å². The summed E-state index contributed by atoms with van der Waals surface area (Å²) in [6.45, 7) is 2.05. The summed E-state index contributed by atoms with van der Waals surface area (Å²) in [4.78, 5) is 0. The van der Waals surface area contributed by atoms with Gasteiger partial charge >= 0.3 is 0 Å². The molecular formula is C12H14Cl2S. The van der Waals surface area contributed by atoms with E-state index in [-0.39, 0.29) is 0 Å². The molecule has 2 unspecified atom stereocenters. The summed E-state index contributed by atoms with van der Waals surface area (Å²) in [6.07, 6.45) is 1.08. The lowest BCUT2D eigenvalue weighted by atomic mass is 9.97. The minimum atomic E-state index is 0.339. The van der Waals surface area contributed by atoms with Crippen LogP contribution in [0.25, 0.3) is 0 Å². The highest BCUT2D eigenvalue weighted by Gasteiger charge is 2.25. The highest BCUT2D eigenvalue weighted by molar-refractivity contribution is 7.99. The van der Waals surface area contributed by atoms with E-state index in [1.807, 2.05) is 24.8 Å². The first-order chi connectivity index (χ1) is 7.16. The molecular weight excluding hydrogens is 247 g/mol. The number of rotatable bonds is 2. The number of alkyl halides is 1. The Balaban J connectivity index is 2.07. The maximum Gasteiger partial charge on any atom is 0.0465 e. The number of hydrogen-bond donors (Lipinski definition) is 0. The van der Waals surface area contributed by atoms with Gasteiger partial charge in [0.05, 0.1) is 0 Å². The summed E-state index contributed by atoms with van der Waals surface area (Å²) in [5.41, 5.74) is 2.51. The largest absolute Gasteiger partial charge is 0.160 e. The highest BCUT2D eigenvalue weighted by Crippen LogP contribution is 2.31. The zero-order chi connectivity index (χ0) is 10.8. The molecule has 1 aromatic carbocycles. The Bertz CT molecular complexity index is 351. The molecule has 0 nitrogen and oxygen atoms in total. The molecule has 3 heteroatoms. The number of halogens is 2. The third-order valence-electron chi connectivity index (χ3n) is 2.84. The van der Waals surface area contributed by atoms with Gasteiger partial charge < -0.3 is 0 Å². The average molecular weight is 261 g/mol. The Morgan fingerprint density at radius 3 is 2.80 bits per heavy atom. The van der Waals surface area contributed by atoms with Gasteiger partial charge in [0.1, 0.15) is 0 Å². The van der Waals surface area contributed by atoms with Crippen molar-refractivity contribution in [2.75, 3.05) is 11.5 Å². The smallest absolute Gasteiger partial charge is 0.0465 e. The summed E-state index contributed by atoms with van der Waals surface area (Å²) >= 11 is 14.2. The Labute approximate surface area is 105 Å². The SMILES string of the molecule is Cc1cc(CC2CSCC2Cl)ccc1Cl. The molecule has 1 aliphatic heterocycles. The van der Waals surface area contributed by atoms with Crippen molar-refractivity contribution < 1.29 is 0 Å². The van der Waals surface area contributed by atoms with Crippen molar-refractivity contribution in [3.8, 4) is 0 Å². The van der Waals surface area contributed by atoms with Gasteiger partial charge in [0.2, 0.25) is 0 Å². The number of hydrogen-bond acceptors (Lipinski definition) is 1. The molecule has 0 saturated carbocycles. The van der Waals surface area contributed by atoms with E-state index in [4.69, 9.17) is 23.2 Å². The second-order valence-corrected chi connectivity index (χ2v) is 6.14. The van der Waals surface area contributed by atoms with Gasteiger partial charge in [0.15, 0.2) is 0 Å². The molecule has 2 atom stereocenters. The van der Waals surface area contributed by atoms with Crippen molar-refractivity contribution in [2.24, 2.45) is 5.92 Å². The van der Waals surface area contributed by atoms with Crippen molar-refractivity contribution >= 4 is 35.0 Å². The van der Waals surface area contributed by atoms with E-state index in [1.54, 1.807) is 0 Å². The van der Waals surface area contributed by atoms with Gasteiger partial charge in [-0.1, -0.05) is 23.7 Å². The van der Waals surface area contributed by atoms with Gasteiger partial charge in [-0.3, -0.25) is 0 Å². The monoisotopic (exact) mass is 260 g/mol. The van der Waals surface area contributed by atoms with Gasteiger partial charge in [-0.15, -0.1) is 11.6 Å². The fraction of sp³-hybridized carbons (Fsp3) is 0.500. The summed E-state index contributed by atoms with van der Waals surface area (Å²) in [5, 5.41) is 1.19. The van der Waals surface area contributed by atoms with Crippen molar-refractivity contribution in [2.45, 2.75) is 18.7 Å². The zero-order valence-corrected chi connectivity index (χ0v) is 11.0. The molecule has 1 heterocycles. The normalized spacial score (nSPS) is 25.8. The summed E-state index contributed by atoms with van der Waals surface area (Å²) in [7, 11) is 0. The van der Waals surface area contributed by atoms with Gasteiger partial charge in [0.25, 0.3) is 0 Å². The lowest BCUT2D eigenvalue weighted by molar-refractivity contribution is 0.603. The van der Waals surface area contributed by atoms with Crippen LogP contribution in [0.3, 0.4) is 0 Å². The molecule has 0 bridgehead atoms. The summed E-state index contributed by atoms with van der Waals surface area (Å²) < 4.78 is 0. The number of thioether (sulfide) groups is 1. The predicted molar refractivity (Wildman–Crippen MR) is 70.3 cm³/mol. The first-order valence-corrected chi connectivity index (χ1v) is 7.10. The standard InChI is InChI=1S/C12H14Cl2S/c1-8-4-9(2-3-11(8)13)5-10-6-15-7-12(10)14/h2-4,10,12H,5-7H2,1H3. The first kappa shape index (κ1) is 11.6. The summed E-state index contributed by atoms with van der Waals surface area (Å²) in [6, 6.07) is 6.27. The van der Waals surface area contributed by atoms with E-state index in [2.05, 4.69) is 12.1 Å². The Kier molecular flexibility index (Phi) is 3.87. The number of aryl methyl sites for hydroxylation is 1. The van der Waals surface area contributed by atoms with E-state index in [0.717, 1.165) is 22.8 Å². The molecule has 2 rings (SSSR count). The van der Waals surface area contributed by atoms with Crippen LogP contribution in [0.2, 0.25) is 5.02 Å². The molecule has 0 N–H and O–H groups in total. The summed E-state index contributed by atoms with van der Waals surface area (Å²) in [5.74, 6) is 2.91. The lowest BCUT2D eigenvalue weighted by Crippen LogP contribution is -2.14. The zero-order valence-electron chi connectivity index (χ0n) is 8.67. The maximum absolute atomic E-state index is 6.25. The van der Waals surface area contributed by atoms with Gasteiger partial charge in [-0.2, -0.15) is 11.8 Å². The van der Waals surface area contributed by atoms with Crippen molar-refractivity contribution in [1.29, 1.82) is 0 Å². The molecule has 1 fully saturated rings. The third-order valence-corrected chi connectivity index (χ3v) is 5.22. The minimum absolute atomic E-state index is 0.339. The molecule has 1 saturated heterocycles. The van der Waals surface area contributed by atoms with Crippen molar-refractivity contribution in [1.82, 2.24) is 0 Å². The van der Waals surface area contributed by atoms with Crippen molar-refractivity contribution in [3.63, 3.8) is 0 Å². The molecule has 0 aromatic heterocycles. The van der Waals surface area contributed by atoms with Crippen LogP contribution in [0.1, 0.15) is 11.1 Å². The average Bonchev–Trinajstić information content (AvgIpc) is 2.59. The Morgan fingerprint density at radius 1 is 1.40 bits per heavy atom. The van der Waals surface area contributed by atoms with Crippen LogP contribution in [-0.4, -0.2) is 16.9 Å². The lowest BCUT2D eigenvalue weighted by Gasteiger charge is -2.13. The molecule has 15 heavy (non-hydrogen) atoms. The van der Waals surface area contributed by atoms with Gasteiger partial charge in [-0.25, -0.2) is 0 Å². The molecule has 0 aliphatic carbocycles. The van der Waals surface area contributed by atoms with Gasteiger partial charge in [0, 0.05) is 16.2 Å². The molecule has 0 spiro atoms. The second kappa shape index (κ2) is 4.99. The van der Waals surface area contributed by atoms with E-state index in [9.17, 15) is 0 Å². The van der Waals surface area contributed by atoms with E-state index < -0.39 is 0 Å². The van der Waals surface area contributed by atoms with E-state index in [1.165, 1.54) is 11.3 Å². The Morgan fingerprint density at radius 2 is 2.20 bits per heavy atom. The quantitative estimate of drug-likeness (QED) is 0.720. The fourth-order valence-corrected chi connectivity index (χ4v) is 3.85. The highest BCUT2D eigenvalue weighted by atomic mass is 35.5. The maximum atomic E-state index is 6.25. The predicted octanol–water partition coefficient (Wildman–Crippen LogP) is 4.16. The van der Waals surface area contributed by atoms with E-state index >= 15 is 0 Å². The minimum Gasteiger partial charge on any atom is -0.160 e. The first-order valence-electron chi connectivity index (χ1n) is 5.13. The fourth-order valence-electron chi connectivity index (χ4n) is 1.90. The van der Waals surface area contributed by atoms with E-state index in [0.29, 0.717) is 11.3 Å².